The molecule has 0 aliphatic heterocycles. The van der Waals surface area contributed by atoms with Crippen LogP contribution in [0.15, 0.2) is 52.1 Å². The van der Waals surface area contributed by atoms with Crippen LogP contribution in [0.3, 0.4) is 0 Å². The van der Waals surface area contributed by atoms with Crippen molar-refractivity contribution in [2.75, 3.05) is 19.5 Å². The number of hydrogen-bond acceptors (Lipinski definition) is 8. The Hall–Kier alpha value is -4.25. The summed E-state index contributed by atoms with van der Waals surface area (Å²) in [6.07, 6.45) is 1.89. The monoisotopic (exact) mass is 617 g/mol. The summed E-state index contributed by atoms with van der Waals surface area (Å²) in [5.74, 6) is 1.22. The maximum absolute atomic E-state index is 13.1. The second-order valence-corrected chi connectivity index (χ2v) is 11.2. The third kappa shape index (κ3) is 4.75. The van der Waals surface area contributed by atoms with E-state index in [0.717, 1.165) is 28.5 Å². The van der Waals surface area contributed by atoms with E-state index in [0.29, 0.717) is 44.3 Å². The maximum atomic E-state index is 13.1. The number of halogens is 2. The van der Waals surface area contributed by atoms with Crippen molar-refractivity contribution >= 4 is 45.7 Å². The van der Waals surface area contributed by atoms with Crippen LogP contribution >= 0.6 is 23.2 Å². The Kier molecular flexibility index (Phi) is 7.45. The molecule has 1 aliphatic rings. The summed E-state index contributed by atoms with van der Waals surface area (Å²) in [5.41, 5.74) is 4.87. The summed E-state index contributed by atoms with van der Waals surface area (Å²) < 4.78 is 8.03. The van der Waals surface area contributed by atoms with Gasteiger partial charge in [0.05, 0.1) is 28.5 Å². The Labute approximate surface area is 257 Å². The SMILES string of the molecule is CNC1CCc2cc(-c3cccc(-c4cccc(Nc5nc(C)nc6c5c(=O)n(C)c(=O)n6C)c4Cl)c3Cl)nc(OC)c21. The van der Waals surface area contributed by atoms with Crippen molar-refractivity contribution in [2.45, 2.75) is 25.8 Å². The maximum Gasteiger partial charge on any atom is 0.332 e. The number of anilines is 2. The summed E-state index contributed by atoms with van der Waals surface area (Å²) in [6, 6.07) is 13.5. The number of benzene rings is 2. The van der Waals surface area contributed by atoms with Crippen LogP contribution < -0.4 is 26.6 Å². The zero-order valence-electron chi connectivity index (χ0n) is 24.2. The van der Waals surface area contributed by atoms with Gasteiger partial charge in [-0.05, 0) is 44.5 Å². The number of nitrogens with zero attached hydrogens (tertiary/aromatic N) is 5. The van der Waals surface area contributed by atoms with Gasteiger partial charge in [-0.2, -0.15) is 0 Å². The zero-order valence-corrected chi connectivity index (χ0v) is 25.8. The highest BCUT2D eigenvalue weighted by Gasteiger charge is 2.28. The first kappa shape index (κ1) is 28.9. The second kappa shape index (κ2) is 11.1. The molecule has 6 rings (SSSR count). The van der Waals surface area contributed by atoms with Gasteiger partial charge >= 0.3 is 5.69 Å². The Morgan fingerprint density at radius 1 is 0.953 bits per heavy atom. The molecule has 0 saturated heterocycles. The van der Waals surface area contributed by atoms with Crippen LogP contribution in [-0.4, -0.2) is 38.2 Å². The minimum Gasteiger partial charge on any atom is -0.481 e. The lowest BCUT2D eigenvalue weighted by atomic mass is 9.99. The molecule has 1 aliphatic carbocycles. The fraction of sp³-hybridized carbons (Fsp3) is 0.258. The zero-order chi connectivity index (χ0) is 30.6. The Balaban J connectivity index is 1.45. The molecule has 0 fully saturated rings. The van der Waals surface area contributed by atoms with Gasteiger partial charge < -0.3 is 15.4 Å². The average molecular weight is 619 g/mol. The standard InChI is InChI=1S/C31H29Cl2N7O3/c1-15-35-27(24-28(36-15)39(3)31(42)40(4)30(24)41)37-21-11-7-9-18(26(21)33)17-8-6-10-19(25(17)32)22-14-16-12-13-20(34-2)23(16)29(38-22)43-5/h6-11,14,20,34H,12-13H2,1-5H3,(H,35,36,37). The van der Waals surface area contributed by atoms with Crippen molar-refractivity contribution in [2.24, 2.45) is 14.1 Å². The van der Waals surface area contributed by atoms with Gasteiger partial charge in [0.1, 0.15) is 17.0 Å². The van der Waals surface area contributed by atoms with E-state index < -0.39 is 11.2 Å². The first-order chi connectivity index (χ1) is 20.6. The normalized spacial score (nSPS) is 14.3. The molecule has 0 saturated carbocycles. The number of aryl methyl sites for hydroxylation is 3. The van der Waals surface area contributed by atoms with E-state index in [2.05, 4.69) is 26.7 Å². The molecule has 0 radical (unpaired) electrons. The van der Waals surface area contributed by atoms with Crippen molar-refractivity contribution in [1.82, 2.24) is 29.4 Å². The van der Waals surface area contributed by atoms with E-state index in [1.807, 2.05) is 37.4 Å². The third-order valence-corrected chi connectivity index (χ3v) is 8.74. The Morgan fingerprint density at radius 2 is 1.65 bits per heavy atom. The minimum atomic E-state index is -0.512. The topological polar surface area (TPSA) is 116 Å². The van der Waals surface area contributed by atoms with Gasteiger partial charge in [0, 0.05) is 42.4 Å². The molecule has 43 heavy (non-hydrogen) atoms. The molecule has 2 aromatic carbocycles. The molecular weight excluding hydrogens is 589 g/mol. The van der Waals surface area contributed by atoms with Gasteiger partial charge in [-0.1, -0.05) is 53.5 Å². The minimum absolute atomic E-state index is 0.175. The van der Waals surface area contributed by atoms with Crippen molar-refractivity contribution in [3.63, 3.8) is 0 Å². The largest absolute Gasteiger partial charge is 0.481 e. The fourth-order valence-corrected chi connectivity index (χ4v) is 6.35. The number of aromatic nitrogens is 5. The highest BCUT2D eigenvalue weighted by atomic mass is 35.5. The highest BCUT2D eigenvalue weighted by Crippen LogP contribution is 2.44. The number of methoxy groups -OCH3 is 1. The second-order valence-electron chi connectivity index (χ2n) is 10.5. The molecule has 12 heteroatoms. The number of pyridine rings is 1. The first-order valence-electron chi connectivity index (χ1n) is 13.7. The lowest BCUT2D eigenvalue weighted by Gasteiger charge is -2.17. The predicted octanol–water partition coefficient (Wildman–Crippen LogP) is 5.33. The van der Waals surface area contributed by atoms with Crippen LogP contribution in [0.1, 0.15) is 29.4 Å². The van der Waals surface area contributed by atoms with Gasteiger partial charge in [0.2, 0.25) is 5.88 Å². The molecule has 3 heterocycles. The van der Waals surface area contributed by atoms with Gasteiger partial charge in [-0.3, -0.25) is 13.9 Å². The predicted molar refractivity (Wildman–Crippen MR) is 170 cm³/mol. The molecular formula is C31H29Cl2N7O3. The van der Waals surface area contributed by atoms with Crippen LogP contribution in [-0.2, 0) is 20.5 Å². The van der Waals surface area contributed by atoms with E-state index in [4.69, 9.17) is 32.9 Å². The molecule has 220 valence electrons. The molecule has 1 unspecified atom stereocenters. The number of nitrogens with one attached hydrogen (secondary N) is 2. The lowest BCUT2D eigenvalue weighted by molar-refractivity contribution is 0.387. The van der Waals surface area contributed by atoms with E-state index in [9.17, 15) is 9.59 Å². The third-order valence-electron chi connectivity index (χ3n) is 7.93. The Morgan fingerprint density at radius 3 is 2.37 bits per heavy atom. The first-order valence-corrected chi connectivity index (χ1v) is 14.4. The van der Waals surface area contributed by atoms with E-state index in [1.54, 1.807) is 27.1 Å². The summed E-state index contributed by atoms with van der Waals surface area (Å²) in [7, 11) is 6.55. The van der Waals surface area contributed by atoms with Crippen molar-refractivity contribution in [1.29, 1.82) is 0 Å². The Bertz CT molecular complexity index is 2060. The van der Waals surface area contributed by atoms with Crippen LogP contribution in [0.5, 0.6) is 5.88 Å². The molecule has 2 N–H and O–H groups in total. The number of ether oxygens (including phenoxy) is 1. The van der Waals surface area contributed by atoms with Gasteiger partial charge in [-0.15, -0.1) is 0 Å². The quantitative estimate of drug-likeness (QED) is 0.263. The van der Waals surface area contributed by atoms with Crippen molar-refractivity contribution < 1.29 is 4.74 Å². The smallest absolute Gasteiger partial charge is 0.332 e. The van der Waals surface area contributed by atoms with Crippen LogP contribution in [0.25, 0.3) is 33.4 Å². The van der Waals surface area contributed by atoms with Gasteiger partial charge in [0.25, 0.3) is 5.56 Å². The van der Waals surface area contributed by atoms with Crippen molar-refractivity contribution in [3.05, 3.63) is 90.3 Å². The van der Waals surface area contributed by atoms with Crippen molar-refractivity contribution in [3.8, 4) is 28.3 Å². The molecule has 3 aromatic heterocycles. The fourth-order valence-electron chi connectivity index (χ4n) is 5.75. The summed E-state index contributed by atoms with van der Waals surface area (Å²) in [5, 5.41) is 7.60. The summed E-state index contributed by atoms with van der Waals surface area (Å²) >= 11 is 14.1. The lowest BCUT2D eigenvalue weighted by Crippen LogP contribution is -2.37. The van der Waals surface area contributed by atoms with E-state index in [1.165, 1.54) is 17.2 Å². The number of fused-ring (bicyclic) bond motifs is 2. The number of hydrogen-bond donors (Lipinski definition) is 2. The molecule has 0 amide bonds. The van der Waals surface area contributed by atoms with E-state index >= 15 is 0 Å². The summed E-state index contributed by atoms with van der Waals surface area (Å²) in [6.45, 7) is 1.69. The molecule has 5 aromatic rings. The van der Waals surface area contributed by atoms with Crippen LogP contribution in [0.2, 0.25) is 10.0 Å². The van der Waals surface area contributed by atoms with Crippen LogP contribution in [0, 0.1) is 6.92 Å². The molecule has 0 spiro atoms. The van der Waals surface area contributed by atoms with Gasteiger partial charge in [0.15, 0.2) is 5.65 Å². The number of rotatable bonds is 6. The van der Waals surface area contributed by atoms with Gasteiger partial charge in [-0.25, -0.2) is 19.7 Å². The van der Waals surface area contributed by atoms with E-state index in [-0.39, 0.29) is 22.9 Å². The molecule has 0 bridgehead atoms. The average Bonchev–Trinajstić information content (AvgIpc) is 3.43. The molecule has 1 atom stereocenters. The molecule has 10 nitrogen and oxygen atoms in total. The highest BCUT2D eigenvalue weighted by molar-refractivity contribution is 6.39. The van der Waals surface area contributed by atoms with Crippen LogP contribution in [0.4, 0.5) is 11.5 Å². The summed E-state index contributed by atoms with van der Waals surface area (Å²) in [4.78, 5) is 39.3.